The topological polar surface area (TPSA) is 60.0 Å². The van der Waals surface area contributed by atoms with Crippen molar-refractivity contribution in [1.82, 2.24) is 20.4 Å². The van der Waals surface area contributed by atoms with E-state index in [-0.39, 0.29) is 36.4 Å². The smallest absolute Gasteiger partial charge is 0.243 e. The van der Waals surface area contributed by atoms with Crippen molar-refractivity contribution in [2.75, 3.05) is 33.7 Å². The third kappa shape index (κ3) is 6.74. The quantitative estimate of drug-likeness (QED) is 0.365. The number of carbonyl (C=O) groups excluding carboxylic acids is 1. The highest BCUT2D eigenvalue weighted by molar-refractivity contribution is 14.0. The van der Waals surface area contributed by atoms with E-state index < -0.39 is 0 Å². The van der Waals surface area contributed by atoms with E-state index in [1.807, 2.05) is 0 Å². The van der Waals surface area contributed by atoms with Crippen LogP contribution in [0.1, 0.15) is 40.0 Å². The molecule has 2 fully saturated rings. The summed E-state index contributed by atoms with van der Waals surface area (Å²) in [6.45, 7) is 8.78. The number of guanidine groups is 1. The van der Waals surface area contributed by atoms with Crippen molar-refractivity contribution in [3.63, 3.8) is 0 Å². The number of halogens is 1. The lowest BCUT2D eigenvalue weighted by molar-refractivity contribution is -0.127. The van der Waals surface area contributed by atoms with Gasteiger partial charge in [-0.1, -0.05) is 13.8 Å². The molecule has 0 aromatic heterocycles. The largest absolute Gasteiger partial charge is 0.356 e. The minimum Gasteiger partial charge on any atom is -0.356 e. The maximum absolute atomic E-state index is 11.8. The lowest BCUT2D eigenvalue weighted by Gasteiger charge is -2.21. The number of nitrogens with one attached hydrogen (secondary N) is 2. The minimum absolute atomic E-state index is 0. The van der Waals surface area contributed by atoms with Gasteiger partial charge in [-0.25, -0.2) is 4.99 Å². The van der Waals surface area contributed by atoms with E-state index in [2.05, 4.69) is 41.3 Å². The van der Waals surface area contributed by atoms with Crippen LogP contribution >= 0.6 is 24.0 Å². The van der Waals surface area contributed by atoms with Crippen molar-refractivity contribution < 1.29 is 4.79 Å². The Morgan fingerprint density at radius 1 is 1.33 bits per heavy atom. The third-order valence-electron chi connectivity index (χ3n) is 4.53. The Morgan fingerprint density at radius 3 is 2.54 bits per heavy atom. The molecule has 1 saturated heterocycles. The first-order valence-corrected chi connectivity index (χ1v) is 8.87. The van der Waals surface area contributed by atoms with Crippen LogP contribution in [0.3, 0.4) is 0 Å². The zero-order valence-corrected chi connectivity index (χ0v) is 18.0. The Morgan fingerprint density at radius 2 is 2.00 bits per heavy atom. The zero-order valence-electron chi connectivity index (χ0n) is 15.7. The molecule has 6 nitrogen and oxygen atoms in total. The molecule has 24 heavy (non-hydrogen) atoms. The zero-order chi connectivity index (χ0) is 17.0. The van der Waals surface area contributed by atoms with E-state index in [9.17, 15) is 4.79 Å². The van der Waals surface area contributed by atoms with Crippen LogP contribution in [0.4, 0.5) is 0 Å². The summed E-state index contributed by atoms with van der Waals surface area (Å²) in [5.74, 6) is 1.33. The van der Waals surface area contributed by atoms with Crippen molar-refractivity contribution >= 4 is 35.8 Å². The Balaban J connectivity index is 0.00000288. The Kier molecular flexibility index (Phi) is 8.76. The van der Waals surface area contributed by atoms with Crippen molar-refractivity contribution in [2.45, 2.75) is 58.2 Å². The standard InChI is InChI=1S/C17H33N5O.HI/c1-12(2)9-18-17(19-10-16(23)21(4)5)20-14-8-13(3)22(11-14)15-6-7-15;/h12-15H,6-11H2,1-5H3,(H2,18,19,20);1H. The van der Waals surface area contributed by atoms with Crippen LogP contribution in [0, 0.1) is 5.92 Å². The van der Waals surface area contributed by atoms with Gasteiger partial charge in [-0.15, -0.1) is 24.0 Å². The average Bonchev–Trinajstić information content (AvgIpc) is 3.25. The molecule has 0 bridgehead atoms. The molecule has 7 heteroatoms. The highest BCUT2D eigenvalue weighted by Gasteiger charge is 2.38. The number of likely N-dealkylation sites (tertiary alicyclic amines) is 1. The molecule has 0 aromatic rings. The normalized spacial score (nSPS) is 24.7. The Labute approximate surface area is 163 Å². The van der Waals surface area contributed by atoms with E-state index >= 15 is 0 Å². The van der Waals surface area contributed by atoms with E-state index in [1.165, 1.54) is 12.8 Å². The molecule has 0 radical (unpaired) electrons. The second-order valence-corrected chi connectivity index (χ2v) is 7.58. The van der Waals surface area contributed by atoms with Gasteiger partial charge in [0.1, 0.15) is 6.54 Å². The van der Waals surface area contributed by atoms with Gasteiger partial charge in [0.15, 0.2) is 5.96 Å². The number of hydrogen-bond donors (Lipinski definition) is 2. The summed E-state index contributed by atoms with van der Waals surface area (Å²) in [5.41, 5.74) is 0. The van der Waals surface area contributed by atoms with Crippen molar-refractivity contribution in [3.05, 3.63) is 0 Å². The number of carbonyl (C=O) groups is 1. The molecule has 1 aliphatic heterocycles. The number of hydrogen-bond acceptors (Lipinski definition) is 3. The molecule has 1 saturated carbocycles. The van der Waals surface area contributed by atoms with Crippen molar-refractivity contribution in [1.29, 1.82) is 0 Å². The predicted octanol–water partition coefficient (Wildman–Crippen LogP) is 1.51. The first-order chi connectivity index (χ1) is 10.9. The Bertz CT molecular complexity index is 437. The van der Waals surface area contributed by atoms with Gasteiger partial charge in [-0.3, -0.25) is 9.69 Å². The molecule has 140 valence electrons. The molecule has 2 atom stereocenters. The molecule has 2 N–H and O–H groups in total. The number of rotatable bonds is 6. The maximum Gasteiger partial charge on any atom is 0.243 e. The molecule has 2 unspecified atom stereocenters. The van der Waals surface area contributed by atoms with Gasteiger partial charge in [-0.05, 0) is 32.1 Å². The molecule has 1 amide bonds. The summed E-state index contributed by atoms with van der Waals surface area (Å²) in [4.78, 5) is 20.4. The minimum atomic E-state index is 0. The SMILES string of the molecule is CC(C)CNC(=NCC(=O)N(C)C)NC1CC(C)N(C2CC2)C1.I. The van der Waals surface area contributed by atoms with E-state index in [1.54, 1.807) is 19.0 Å². The summed E-state index contributed by atoms with van der Waals surface area (Å²) in [6, 6.07) is 1.85. The Hall–Kier alpha value is -0.570. The van der Waals surface area contributed by atoms with Gasteiger partial charge in [-0.2, -0.15) is 0 Å². The first-order valence-electron chi connectivity index (χ1n) is 8.87. The summed E-state index contributed by atoms with van der Waals surface area (Å²) < 4.78 is 0. The van der Waals surface area contributed by atoms with Gasteiger partial charge >= 0.3 is 0 Å². The van der Waals surface area contributed by atoms with Crippen LogP contribution in [0.5, 0.6) is 0 Å². The van der Waals surface area contributed by atoms with E-state index in [0.29, 0.717) is 18.0 Å². The number of amides is 1. The van der Waals surface area contributed by atoms with Gasteiger partial charge in [0, 0.05) is 45.3 Å². The molecular formula is C17H34IN5O. The molecule has 2 rings (SSSR count). The fraction of sp³-hybridized carbons (Fsp3) is 0.882. The summed E-state index contributed by atoms with van der Waals surface area (Å²) in [7, 11) is 3.53. The molecular weight excluding hydrogens is 417 g/mol. The lowest BCUT2D eigenvalue weighted by atomic mass is 10.2. The molecule has 1 heterocycles. The maximum atomic E-state index is 11.8. The number of likely N-dealkylation sites (N-methyl/N-ethyl adjacent to an activating group) is 1. The van der Waals surface area contributed by atoms with Crippen molar-refractivity contribution in [3.8, 4) is 0 Å². The van der Waals surface area contributed by atoms with Crippen LogP contribution in [-0.2, 0) is 4.79 Å². The van der Waals surface area contributed by atoms with E-state index in [4.69, 9.17) is 0 Å². The molecule has 0 aromatic carbocycles. The summed E-state index contributed by atoms with van der Waals surface area (Å²) >= 11 is 0. The number of aliphatic imine (C=N–C) groups is 1. The highest BCUT2D eigenvalue weighted by Crippen LogP contribution is 2.33. The summed E-state index contributed by atoms with van der Waals surface area (Å²) in [6.07, 6.45) is 3.84. The fourth-order valence-electron chi connectivity index (χ4n) is 3.01. The molecule has 1 aliphatic carbocycles. The van der Waals surface area contributed by atoms with Crippen LogP contribution in [0.15, 0.2) is 4.99 Å². The van der Waals surface area contributed by atoms with Crippen LogP contribution in [0.25, 0.3) is 0 Å². The predicted molar refractivity (Wildman–Crippen MR) is 110 cm³/mol. The van der Waals surface area contributed by atoms with Gasteiger partial charge in [0.05, 0.1) is 0 Å². The van der Waals surface area contributed by atoms with Gasteiger partial charge in [0.25, 0.3) is 0 Å². The van der Waals surface area contributed by atoms with Crippen LogP contribution in [-0.4, -0.2) is 73.5 Å². The number of nitrogens with zero attached hydrogens (tertiary/aromatic N) is 3. The second-order valence-electron chi connectivity index (χ2n) is 7.58. The van der Waals surface area contributed by atoms with Crippen LogP contribution in [0.2, 0.25) is 0 Å². The third-order valence-corrected chi connectivity index (χ3v) is 4.53. The van der Waals surface area contributed by atoms with Gasteiger partial charge < -0.3 is 15.5 Å². The highest BCUT2D eigenvalue weighted by atomic mass is 127. The molecule has 2 aliphatic rings. The lowest BCUT2D eigenvalue weighted by Crippen LogP contribution is -2.46. The monoisotopic (exact) mass is 451 g/mol. The first kappa shape index (κ1) is 21.5. The van der Waals surface area contributed by atoms with Crippen LogP contribution < -0.4 is 10.6 Å². The summed E-state index contributed by atoms with van der Waals surface area (Å²) in [5, 5.41) is 6.90. The second kappa shape index (κ2) is 9.79. The average molecular weight is 451 g/mol. The molecule has 0 spiro atoms. The van der Waals surface area contributed by atoms with Crippen molar-refractivity contribution in [2.24, 2.45) is 10.9 Å². The fourth-order valence-corrected chi connectivity index (χ4v) is 3.01. The van der Waals surface area contributed by atoms with E-state index in [0.717, 1.165) is 31.5 Å². The van der Waals surface area contributed by atoms with Gasteiger partial charge in [0.2, 0.25) is 5.91 Å².